The van der Waals surface area contributed by atoms with Crippen LogP contribution in [0.5, 0.6) is 5.75 Å². The van der Waals surface area contributed by atoms with Gasteiger partial charge in [-0.15, -0.1) is 0 Å². The van der Waals surface area contributed by atoms with Gasteiger partial charge < -0.3 is 14.8 Å². The molecular formula is C26H27FN2O3. The summed E-state index contributed by atoms with van der Waals surface area (Å²) < 4.78 is 24.6. The van der Waals surface area contributed by atoms with E-state index in [1.54, 1.807) is 36.4 Å². The number of hydrogen-bond acceptors (Lipinski definition) is 4. The number of hydrogen-bond donors (Lipinski definition) is 1. The summed E-state index contributed by atoms with van der Waals surface area (Å²) >= 11 is 0. The highest BCUT2D eigenvalue weighted by atomic mass is 19.1. The number of halogens is 1. The molecule has 0 aromatic heterocycles. The van der Waals surface area contributed by atoms with E-state index < -0.39 is 0 Å². The van der Waals surface area contributed by atoms with Crippen molar-refractivity contribution in [3.05, 3.63) is 101 Å². The fourth-order valence-electron chi connectivity index (χ4n) is 3.77. The Labute approximate surface area is 187 Å². The third-order valence-corrected chi connectivity index (χ3v) is 5.56. The van der Waals surface area contributed by atoms with E-state index >= 15 is 0 Å². The van der Waals surface area contributed by atoms with E-state index in [1.807, 2.05) is 30.3 Å². The molecule has 3 aromatic carbocycles. The number of carbonyl (C=O) groups excluding carboxylic acids is 1. The number of nitrogens with zero attached hydrogens (tertiary/aromatic N) is 1. The Morgan fingerprint density at radius 3 is 2.34 bits per heavy atom. The maximum absolute atomic E-state index is 13.4. The second kappa shape index (κ2) is 10.9. The Morgan fingerprint density at radius 2 is 1.66 bits per heavy atom. The van der Waals surface area contributed by atoms with Gasteiger partial charge in [0, 0.05) is 25.2 Å². The molecule has 0 unspecified atom stereocenters. The highest BCUT2D eigenvalue weighted by Crippen LogP contribution is 2.22. The third-order valence-electron chi connectivity index (χ3n) is 5.56. The van der Waals surface area contributed by atoms with Gasteiger partial charge in [0.1, 0.15) is 18.2 Å². The van der Waals surface area contributed by atoms with Crippen LogP contribution in [0.3, 0.4) is 0 Å². The molecule has 1 fully saturated rings. The molecule has 0 radical (unpaired) electrons. The van der Waals surface area contributed by atoms with Crippen molar-refractivity contribution >= 4 is 5.91 Å². The molecule has 1 N–H and O–H groups in total. The number of nitrogens with one attached hydrogen (secondary N) is 1. The van der Waals surface area contributed by atoms with Gasteiger partial charge in [-0.05, 0) is 47.5 Å². The van der Waals surface area contributed by atoms with Crippen molar-refractivity contribution in [3.63, 3.8) is 0 Å². The molecule has 1 saturated heterocycles. The second-order valence-corrected chi connectivity index (χ2v) is 7.72. The first-order chi connectivity index (χ1) is 15.7. The standard InChI is InChI=1S/C26H27FN2O3/c27-23-10-6-21(7-11-23)25(29-14-16-31-17-15-29)18-28-26(30)22-8-12-24(13-9-22)32-19-20-4-2-1-3-5-20/h1-13,25H,14-19H2,(H,28,30)/t25-/m0/s1. The van der Waals surface area contributed by atoms with Crippen LogP contribution < -0.4 is 10.1 Å². The predicted octanol–water partition coefficient (Wildman–Crippen LogP) is 4.21. The van der Waals surface area contributed by atoms with Crippen molar-refractivity contribution < 1.29 is 18.7 Å². The first-order valence-electron chi connectivity index (χ1n) is 10.8. The number of amides is 1. The predicted molar refractivity (Wildman–Crippen MR) is 121 cm³/mol. The van der Waals surface area contributed by atoms with E-state index in [0.717, 1.165) is 24.2 Å². The van der Waals surface area contributed by atoms with Crippen LogP contribution in [0.4, 0.5) is 4.39 Å². The van der Waals surface area contributed by atoms with Crippen LogP contribution in [0, 0.1) is 5.82 Å². The molecule has 3 aromatic rings. The fourth-order valence-corrected chi connectivity index (χ4v) is 3.77. The SMILES string of the molecule is O=C(NC[C@@H](c1ccc(F)cc1)N1CCOCC1)c1ccc(OCc2ccccc2)cc1. The van der Waals surface area contributed by atoms with Crippen LogP contribution in [-0.2, 0) is 11.3 Å². The summed E-state index contributed by atoms with van der Waals surface area (Å²) in [5, 5.41) is 3.03. The zero-order valence-electron chi connectivity index (χ0n) is 17.9. The molecule has 166 valence electrons. The minimum Gasteiger partial charge on any atom is -0.489 e. The van der Waals surface area contributed by atoms with Gasteiger partial charge in [0.15, 0.2) is 0 Å². The molecule has 0 aliphatic carbocycles. The highest BCUT2D eigenvalue weighted by molar-refractivity contribution is 5.94. The van der Waals surface area contributed by atoms with E-state index in [2.05, 4.69) is 10.2 Å². The topological polar surface area (TPSA) is 50.8 Å². The van der Waals surface area contributed by atoms with Gasteiger partial charge in [0.05, 0.1) is 19.3 Å². The number of ether oxygens (including phenoxy) is 2. The maximum Gasteiger partial charge on any atom is 0.251 e. The molecule has 1 aliphatic rings. The van der Waals surface area contributed by atoms with Crippen molar-refractivity contribution in [1.29, 1.82) is 0 Å². The molecule has 1 atom stereocenters. The fraction of sp³-hybridized carbons (Fsp3) is 0.269. The second-order valence-electron chi connectivity index (χ2n) is 7.72. The highest BCUT2D eigenvalue weighted by Gasteiger charge is 2.23. The molecule has 1 heterocycles. The average molecular weight is 435 g/mol. The van der Waals surface area contributed by atoms with E-state index in [0.29, 0.717) is 37.7 Å². The van der Waals surface area contributed by atoms with E-state index in [4.69, 9.17) is 9.47 Å². The van der Waals surface area contributed by atoms with Crippen molar-refractivity contribution in [3.8, 4) is 5.75 Å². The molecule has 1 amide bonds. The number of carbonyl (C=O) groups is 1. The van der Waals surface area contributed by atoms with Gasteiger partial charge in [0.25, 0.3) is 5.91 Å². The molecule has 0 saturated carbocycles. The maximum atomic E-state index is 13.4. The van der Waals surface area contributed by atoms with Crippen LogP contribution in [0.15, 0.2) is 78.9 Å². The Kier molecular flexibility index (Phi) is 7.48. The lowest BCUT2D eigenvalue weighted by Gasteiger charge is -2.35. The Bertz CT molecular complexity index is 988. The molecule has 0 bridgehead atoms. The van der Waals surface area contributed by atoms with Crippen LogP contribution in [0.2, 0.25) is 0 Å². The normalized spacial score (nSPS) is 15.2. The summed E-state index contributed by atoms with van der Waals surface area (Å²) in [6.07, 6.45) is 0. The van der Waals surface area contributed by atoms with Crippen LogP contribution in [-0.4, -0.2) is 43.7 Å². The van der Waals surface area contributed by atoms with Gasteiger partial charge >= 0.3 is 0 Å². The lowest BCUT2D eigenvalue weighted by molar-refractivity contribution is 0.0162. The number of benzene rings is 3. The zero-order valence-corrected chi connectivity index (χ0v) is 17.9. The molecule has 1 aliphatic heterocycles. The van der Waals surface area contributed by atoms with Gasteiger partial charge in [-0.2, -0.15) is 0 Å². The minimum atomic E-state index is -0.270. The smallest absolute Gasteiger partial charge is 0.251 e. The van der Waals surface area contributed by atoms with Gasteiger partial charge in [-0.1, -0.05) is 42.5 Å². The molecule has 6 heteroatoms. The van der Waals surface area contributed by atoms with Gasteiger partial charge in [0.2, 0.25) is 0 Å². The van der Waals surface area contributed by atoms with Crippen molar-refractivity contribution in [2.75, 3.05) is 32.8 Å². The third kappa shape index (κ3) is 5.93. The lowest BCUT2D eigenvalue weighted by Crippen LogP contribution is -2.43. The van der Waals surface area contributed by atoms with Crippen LogP contribution >= 0.6 is 0 Å². The van der Waals surface area contributed by atoms with Crippen molar-refractivity contribution in [2.24, 2.45) is 0 Å². The Hall–Kier alpha value is -3.22. The monoisotopic (exact) mass is 434 g/mol. The summed E-state index contributed by atoms with van der Waals surface area (Å²) in [6.45, 7) is 3.74. The quantitative estimate of drug-likeness (QED) is 0.577. The van der Waals surface area contributed by atoms with E-state index in [1.165, 1.54) is 12.1 Å². The number of rotatable bonds is 8. The first kappa shape index (κ1) is 22.0. The minimum absolute atomic E-state index is 0.0445. The van der Waals surface area contributed by atoms with Crippen molar-refractivity contribution in [1.82, 2.24) is 10.2 Å². The summed E-state index contributed by atoms with van der Waals surface area (Å²) in [5.74, 6) is 0.288. The summed E-state index contributed by atoms with van der Waals surface area (Å²) in [4.78, 5) is 15.0. The number of morpholine rings is 1. The average Bonchev–Trinajstić information content (AvgIpc) is 2.85. The van der Waals surface area contributed by atoms with E-state index in [9.17, 15) is 9.18 Å². The molecule has 5 nitrogen and oxygen atoms in total. The largest absolute Gasteiger partial charge is 0.489 e. The van der Waals surface area contributed by atoms with Crippen LogP contribution in [0.1, 0.15) is 27.5 Å². The van der Waals surface area contributed by atoms with E-state index in [-0.39, 0.29) is 17.8 Å². The summed E-state index contributed by atoms with van der Waals surface area (Å²) in [7, 11) is 0. The molecule has 0 spiro atoms. The summed E-state index contributed by atoms with van der Waals surface area (Å²) in [6, 6.07) is 23.5. The Balaban J connectivity index is 1.36. The van der Waals surface area contributed by atoms with Gasteiger partial charge in [-0.25, -0.2) is 4.39 Å². The molecule has 4 rings (SSSR count). The summed E-state index contributed by atoms with van der Waals surface area (Å²) in [5.41, 5.74) is 2.62. The molecule has 32 heavy (non-hydrogen) atoms. The van der Waals surface area contributed by atoms with Gasteiger partial charge in [-0.3, -0.25) is 9.69 Å². The lowest BCUT2D eigenvalue weighted by atomic mass is 10.0. The molecular weight excluding hydrogens is 407 g/mol. The first-order valence-corrected chi connectivity index (χ1v) is 10.8. The van der Waals surface area contributed by atoms with Crippen LogP contribution in [0.25, 0.3) is 0 Å². The van der Waals surface area contributed by atoms with Crippen molar-refractivity contribution in [2.45, 2.75) is 12.6 Å². The zero-order chi connectivity index (χ0) is 22.2. The Morgan fingerprint density at radius 1 is 0.969 bits per heavy atom.